The van der Waals surface area contributed by atoms with E-state index in [1.54, 1.807) is 12.1 Å². The van der Waals surface area contributed by atoms with Gasteiger partial charge in [-0.1, -0.05) is 17.7 Å². The number of anilines is 2. The maximum absolute atomic E-state index is 14.4. The number of halogens is 2. The van der Waals surface area contributed by atoms with Gasteiger partial charge in [0, 0.05) is 18.6 Å². The highest BCUT2D eigenvalue weighted by Crippen LogP contribution is 2.36. The number of benzene rings is 2. The molecule has 0 fully saturated rings. The predicted octanol–water partition coefficient (Wildman–Crippen LogP) is 1.64. The van der Waals surface area contributed by atoms with Crippen LogP contribution in [0.15, 0.2) is 36.7 Å². The van der Waals surface area contributed by atoms with E-state index in [9.17, 15) is 24.8 Å². The van der Waals surface area contributed by atoms with Crippen molar-refractivity contribution in [2.75, 3.05) is 32.8 Å². The van der Waals surface area contributed by atoms with Crippen LogP contribution in [0.2, 0.25) is 5.02 Å². The van der Waals surface area contributed by atoms with E-state index in [-0.39, 0.29) is 28.0 Å². The molecule has 0 aliphatic rings. The lowest BCUT2D eigenvalue weighted by atomic mass is 10.0. The first kappa shape index (κ1) is 25.8. The molecule has 3 aromatic rings. The van der Waals surface area contributed by atoms with Gasteiger partial charge in [-0.25, -0.2) is 14.4 Å². The Morgan fingerprint density at radius 1 is 1.03 bits per heavy atom. The van der Waals surface area contributed by atoms with Crippen molar-refractivity contribution in [3.05, 3.63) is 47.5 Å². The fourth-order valence-corrected chi connectivity index (χ4v) is 3.46. The second-order valence-corrected chi connectivity index (χ2v) is 7.65. The largest absolute Gasteiger partial charge is 0.493 e. The van der Waals surface area contributed by atoms with E-state index in [2.05, 4.69) is 15.3 Å². The number of ether oxygens (including phenoxy) is 3. The maximum Gasteiger partial charge on any atom is 0.165 e. The van der Waals surface area contributed by atoms with Crippen molar-refractivity contribution >= 4 is 34.0 Å². The minimum Gasteiger partial charge on any atom is -0.493 e. The van der Waals surface area contributed by atoms with E-state index in [1.807, 2.05) is 0 Å². The Bertz CT molecular complexity index is 1120. The van der Waals surface area contributed by atoms with Gasteiger partial charge in [-0.2, -0.15) is 0 Å². The first-order valence-corrected chi connectivity index (χ1v) is 10.5. The van der Waals surface area contributed by atoms with Gasteiger partial charge in [0.05, 0.1) is 36.6 Å². The molecule has 0 unspecified atom stereocenters. The summed E-state index contributed by atoms with van der Waals surface area (Å²) in [5.41, 5.74) is 0.494. The fourth-order valence-electron chi connectivity index (χ4n) is 3.28. The van der Waals surface area contributed by atoms with Crippen molar-refractivity contribution in [1.82, 2.24) is 9.97 Å². The third kappa shape index (κ3) is 5.46. The summed E-state index contributed by atoms with van der Waals surface area (Å²) in [4.78, 5) is 8.36. The highest BCUT2D eigenvalue weighted by atomic mass is 35.5. The average molecular weight is 498 g/mol. The topological polar surface area (TPSA) is 146 Å². The van der Waals surface area contributed by atoms with Gasteiger partial charge in [-0.05, 0) is 18.2 Å². The lowest BCUT2D eigenvalue weighted by Crippen LogP contribution is -2.49. The van der Waals surface area contributed by atoms with Crippen molar-refractivity contribution in [1.29, 1.82) is 0 Å². The molecule has 0 radical (unpaired) electrons. The van der Waals surface area contributed by atoms with Gasteiger partial charge in [-0.15, -0.1) is 0 Å². The molecular weight excluding hydrogens is 473 g/mol. The molecular formula is C22H25ClFN3O7. The molecule has 0 aliphatic heterocycles. The van der Waals surface area contributed by atoms with E-state index in [1.165, 1.54) is 38.7 Å². The molecule has 0 saturated carbocycles. The Labute approximate surface area is 199 Å². The van der Waals surface area contributed by atoms with Gasteiger partial charge in [0.1, 0.15) is 30.5 Å². The number of aliphatic hydroxyl groups excluding tert-OH is 4. The minimum absolute atomic E-state index is 0.0515. The molecule has 3 rings (SSSR count). The molecule has 0 aliphatic carbocycles. The molecule has 0 amide bonds. The van der Waals surface area contributed by atoms with Crippen molar-refractivity contribution in [3.8, 4) is 11.5 Å². The lowest BCUT2D eigenvalue weighted by Gasteiger charge is -2.30. The van der Waals surface area contributed by atoms with Crippen LogP contribution in [0.3, 0.4) is 0 Å². The minimum atomic E-state index is -1.60. The summed E-state index contributed by atoms with van der Waals surface area (Å²) in [5.74, 6) is -0.0613. The zero-order valence-electron chi connectivity index (χ0n) is 18.4. The summed E-state index contributed by atoms with van der Waals surface area (Å²) in [7, 11) is 2.64. The Morgan fingerprint density at radius 3 is 2.38 bits per heavy atom. The zero-order chi connectivity index (χ0) is 24.8. The molecule has 184 valence electrons. The van der Waals surface area contributed by atoms with Gasteiger partial charge in [-0.3, -0.25) is 0 Å². The Kier molecular flexibility index (Phi) is 8.78. The number of rotatable bonds is 11. The number of aromatic nitrogens is 2. The summed E-state index contributed by atoms with van der Waals surface area (Å²) >= 11 is 5.85. The molecule has 0 spiro atoms. The number of nitrogens with zero attached hydrogens (tertiary/aromatic N) is 2. The highest BCUT2D eigenvalue weighted by Gasteiger charge is 2.34. The van der Waals surface area contributed by atoms with E-state index >= 15 is 0 Å². The van der Waals surface area contributed by atoms with Crippen LogP contribution in [0.25, 0.3) is 10.9 Å². The number of hydrogen-bond donors (Lipinski definition) is 5. The second kappa shape index (κ2) is 11.6. The lowest BCUT2D eigenvalue weighted by molar-refractivity contribution is -0.127. The van der Waals surface area contributed by atoms with E-state index in [4.69, 9.17) is 25.8 Å². The summed E-state index contributed by atoms with van der Waals surface area (Å²) in [6.07, 6.45) is -4.25. The van der Waals surface area contributed by atoms with Crippen LogP contribution in [0.5, 0.6) is 11.5 Å². The molecule has 5 N–H and O–H groups in total. The Hall–Kier alpha value is -2.80. The van der Waals surface area contributed by atoms with Gasteiger partial charge in [0.25, 0.3) is 0 Å². The summed E-state index contributed by atoms with van der Waals surface area (Å²) < 4.78 is 30.4. The maximum atomic E-state index is 14.4. The molecule has 0 bridgehead atoms. The normalized spacial score (nSPS) is 14.9. The number of methoxy groups -OCH3 is 2. The second-order valence-electron chi connectivity index (χ2n) is 7.25. The number of aliphatic hydroxyl groups is 4. The fraction of sp³-hybridized carbons (Fsp3) is 0.364. The molecule has 1 heterocycles. The monoisotopic (exact) mass is 497 g/mol. The van der Waals surface area contributed by atoms with Gasteiger partial charge >= 0.3 is 0 Å². The number of nitrogens with one attached hydrogen (secondary N) is 1. The number of fused-ring (bicyclic) bond motifs is 1. The third-order valence-corrected chi connectivity index (χ3v) is 5.47. The van der Waals surface area contributed by atoms with Crippen LogP contribution in [0.4, 0.5) is 15.9 Å². The van der Waals surface area contributed by atoms with Crippen LogP contribution < -0.4 is 14.8 Å². The molecule has 34 heavy (non-hydrogen) atoms. The smallest absolute Gasteiger partial charge is 0.165 e. The van der Waals surface area contributed by atoms with Crippen molar-refractivity contribution in [3.63, 3.8) is 0 Å². The average Bonchev–Trinajstić information content (AvgIpc) is 2.85. The van der Waals surface area contributed by atoms with E-state index in [0.717, 1.165) is 0 Å². The molecule has 4 atom stereocenters. The predicted molar refractivity (Wildman–Crippen MR) is 122 cm³/mol. The van der Waals surface area contributed by atoms with Crippen LogP contribution in [0, 0.1) is 5.82 Å². The highest BCUT2D eigenvalue weighted by molar-refractivity contribution is 6.31. The van der Waals surface area contributed by atoms with Crippen LogP contribution in [-0.4, -0.2) is 82.2 Å². The quantitative estimate of drug-likeness (QED) is 0.265. The van der Waals surface area contributed by atoms with Crippen molar-refractivity contribution in [2.24, 2.45) is 0 Å². The van der Waals surface area contributed by atoms with Crippen molar-refractivity contribution < 1.29 is 39.0 Å². The summed E-state index contributed by atoms with van der Waals surface area (Å²) in [5, 5.41) is 43.0. The molecule has 0 saturated heterocycles. The third-order valence-electron chi connectivity index (χ3n) is 5.18. The molecule has 10 nitrogen and oxygen atoms in total. The Morgan fingerprint density at radius 2 is 1.74 bits per heavy atom. The molecule has 12 heteroatoms. The van der Waals surface area contributed by atoms with E-state index in [0.29, 0.717) is 10.9 Å². The number of hydrogen-bond acceptors (Lipinski definition) is 10. The van der Waals surface area contributed by atoms with Crippen molar-refractivity contribution in [2.45, 2.75) is 24.4 Å². The van der Waals surface area contributed by atoms with Gasteiger partial charge in [0.2, 0.25) is 0 Å². The zero-order valence-corrected chi connectivity index (χ0v) is 19.1. The molecule has 1 aromatic heterocycles. The first-order valence-electron chi connectivity index (χ1n) is 10.2. The van der Waals surface area contributed by atoms with Crippen LogP contribution in [-0.2, 0) is 4.74 Å². The standard InChI is InChI=1S/C22H25ClFN3O7/c1-32-15-6-11-14(25-10-26-22(11)27-13-5-3-4-12(23)19(13)24)7-16(15)34-18(9-29)21(31)20(30)17(8-28)33-2/h3-7,10,17-18,20-21,28-31H,8-9H2,1-2H3,(H,25,26,27)/t17-,18-,20+,21+/m0/s1. The summed E-state index contributed by atoms with van der Waals surface area (Å²) in [6, 6.07) is 7.53. The van der Waals surface area contributed by atoms with Crippen LogP contribution in [0.1, 0.15) is 0 Å². The first-order chi connectivity index (χ1) is 16.3. The summed E-state index contributed by atoms with van der Waals surface area (Å²) in [6.45, 7) is -1.21. The SMILES string of the molecule is COc1cc2c(Nc3cccc(Cl)c3F)ncnc2cc1O[C@@H](CO)[C@@H](O)[C@H](O)[C@H](CO)OC. The van der Waals surface area contributed by atoms with E-state index < -0.39 is 43.4 Å². The van der Waals surface area contributed by atoms with Gasteiger partial charge < -0.3 is 40.0 Å². The Balaban J connectivity index is 1.94. The van der Waals surface area contributed by atoms with Gasteiger partial charge in [0.15, 0.2) is 23.4 Å². The molecule has 2 aromatic carbocycles. The van der Waals surface area contributed by atoms with Crippen LogP contribution >= 0.6 is 11.6 Å².